The third-order valence-corrected chi connectivity index (χ3v) is 5.38. The van der Waals surface area contributed by atoms with E-state index in [1.54, 1.807) is 12.1 Å². The molecule has 0 aromatic heterocycles. The van der Waals surface area contributed by atoms with Crippen LogP contribution in [0.25, 0.3) is 0 Å². The topological polar surface area (TPSA) is 58.2 Å². The quantitative estimate of drug-likeness (QED) is 0.876. The summed E-state index contributed by atoms with van der Waals surface area (Å²) in [4.78, 5) is 0.382. The maximum absolute atomic E-state index is 12.2. The maximum Gasteiger partial charge on any atom is 0.240 e. The average molecular weight is 266 g/mol. The summed E-state index contributed by atoms with van der Waals surface area (Å²) in [5.41, 5.74) is 2.25. The van der Waals surface area contributed by atoms with Crippen LogP contribution in [0.5, 0.6) is 0 Å². The van der Waals surface area contributed by atoms with E-state index < -0.39 is 10.0 Å². The maximum atomic E-state index is 12.2. The Balaban J connectivity index is 1.85. The van der Waals surface area contributed by atoms with Crippen LogP contribution in [-0.4, -0.2) is 21.0 Å². The number of rotatable bonds is 3. The molecule has 1 aliphatic carbocycles. The van der Waals surface area contributed by atoms with Crippen molar-refractivity contribution in [2.75, 3.05) is 11.9 Å². The number of sulfonamides is 1. The minimum atomic E-state index is -3.37. The normalized spacial score (nSPS) is 24.4. The third-order valence-electron chi connectivity index (χ3n) is 3.91. The van der Waals surface area contributed by atoms with Crippen molar-refractivity contribution in [2.24, 2.45) is 5.41 Å². The van der Waals surface area contributed by atoms with Gasteiger partial charge < -0.3 is 5.32 Å². The Kier molecular flexibility index (Phi) is 2.47. The molecule has 18 heavy (non-hydrogen) atoms. The zero-order valence-electron chi connectivity index (χ0n) is 10.7. The van der Waals surface area contributed by atoms with Crippen molar-refractivity contribution in [1.29, 1.82) is 0 Å². The van der Waals surface area contributed by atoms with Crippen molar-refractivity contribution < 1.29 is 8.42 Å². The van der Waals surface area contributed by atoms with Gasteiger partial charge in [0.15, 0.2) is 0 Å². The summed E-state index contributed by atoms with van der Waals surface area (Å²) < 4.78 is 27.3. The minimum absolute atomic E-state index is 0.0777. The molecule has 4 nitrogen and oxygen atoms in total. The van der Waals surface area contributed by atoms with Gasteiger partial charge in [0.1, 0.15) is 0 Å². The summed E-state index contributed by atoms with van der Waals surface area (Å²) in [5, 5.41) is 3.23. The van der Waals surface area contributed by atoms with Crippen LogP contribution in [0, 0.1) is 5.41 Å². The number of hydrogen-bond donors (Lipinski definition) is 2. The van der Waals surface area contributed by atoms with E-state index in [9.17, 15) is 8.42 Å². The van der Waals surface area contributed by atoms with Crippen LogP contribution in [0.3, 0.4) is 0 Å². The van der Waals surface area contributed by atoms with Crippen molar-refractivity contribution in [3.8, 4) is 0 Å². The Hall–Kier alpha value is -1.07. The predicted octanol–water partition coefficient (Wildman–Crippen LogP) is 1.73. The molecule has 1 unspecified atom stereocenters. The van der Waals surface area contributed by atoms with Crippen LogP contribution in [0.1, 0.15) is 25.8 Å². The van der Waals surface area contributed by atoms with Gasteiger partial charge in [-0.05, 0) is 42.0 Å². The molecule has 0 saturated heterocycles. The van der Waals surface area contributed by atoms with Crippen molar-refractivity contribution in [3.05, 3.63) is 23.8 Å². The van der Waals surface area contributed by atoms with Gasteiger partial charge in [-0.25, -0.2) is 13.1 Å². The number of benzene rings is 1. The molecule has 1 aromatic carbocycles. The van der Waals surface area contributed by atoms with Crippen molar-refractivity contribution >= 4 is 15.7 Å². The molecule has 1 aliphatic heterocycles. The average Bonchev–Trinajstić information content (AvgIpc) is 2.74. The Bertz CT molecular complexity index is 593. The molecule has 5 heteroatoms. The molecular formula is C13H18N2O2S. The van der Waals surface area contributed by atoms with Crippen molar-refractivity contribution in [2.45, 2.75) is 37.6 Å². The van der Waals surface area contributed by atoms with Gasteiger partial charge in [0.05, 0.1) is 4.90 Å². The number of fused-ring (bicyclic) bond motifs is 1. The lowest BCUT2D eigenvalue weighted by Gasteiger charge is -2.09. The van der Waals surface area contributed by atoms with E-state index in [2.05, 4.69) is 23.9 Å². The molecule has 3 rings (SSSR count). The summed E-state index contributed by atoms with van der Waals surface area (Å²) in [5.74, 6) is 0. The van der Waals surface area contributed by atoms with E-state index in [1.165, 1.54) is 0 Å². The second-order valence-corrected chi connectivity index (χ2v) is 7.58. The molecule has 2 N–H and O–H groups in total. The zero-order valence-corrected chi connectivity index (χ0v) is 11.5. The first-order valence-electron chi connectivity index (χ1n) is 6.28. The van der Waals surface area contributed by atoms with E-state index in [-0.39, 0.29) is 11.5 Å². The molecule has 1 saturated carbocycles. The summed E-state index contributed by atoms with van der Waals surface area (Å²) in [6.07, 6.45) is 1.81. The molecule has 0 bridgehead atoms. The van der Waals surface area contributed by atoms with Gasteiger partial charge in [-0.3, -0.25) is 0 Å². The lowest BCUT2D eigenvalue weighted by Crippen LogP contribution is -2.28. The van der Waals surface area contributed by atoms with Crippen LogP contribution in [0.15, 0.2) is 23.1 Å². The highest BCUT2D eigenvalue weighted by Crippen LogP contribution is 2.45. The van der Waals surface area contributed by atoms with E-state index >= 15 is 0 Å². The van der Waals surface area contributed by atoms with E-state index in [0.717, 1.165) is 30.6 Å². The van der Waals surface area contributed by atoms with Crippen LogP contribution in [0.4, 0.5) is 5.69 Å². The van der Waals surface area contributed by atoms with Crippen LogP contribution >= 0.6 is 0 Å². The summed E-state index contributed by atoms with van der Waals surface area (Å²) in [6, 6.07) is 5.39. The Labute approximate surface area is 108 Å². The Morgan fingerprint density at radius 3 is 2.78 bits per heavy atom. The molecule has 1 fully saturated rings. The van der Waals surface area contributed by atoms with Crippen molar-refractivity contribution in [3.63, 3.8) is 0 Å². The molecule has 0 amide bonds. The van der Waals surface area contributed by atoms with Gasteiger partial charge in [0.2, 0.25) is 10.0 Å². The minimum Gasteiger partial charge on any atom is -0.384 e. The van der Waals surface area contributed by atoms with E-state index in [0.29, 0.717) is 4.90 Å². The summed E-state index contributed by atoms with van der Waals surface area (Å²) >= 11 is 0. The second-order valence-electron chi connectivity index (χ2n) is 5.86. The monoisotopic (exact) mass is 266 g/mol. The van der Waals surface area contributed by atoms with Gasteiger partial charge in [-0.15, -0.1) is 0 Å². The Morgan fingerprint density at radius 2 is 2.11 bits per heavy atom. The van der Waals surface area contributed by atoms with Gasteiger partial charge in [-0.2, -0.15) is 0 Å². The molecule has 0 radical (unpaired) electrons. The Morgan fingerprint density at radius 1 is 1.39 bits per heavy atom. The van der Waals surface area contributed by atoms with Crippen LogP contribution in [0.2, 0.25) is 0 Å². The lowest BCUT2D eigenvalue weighted by atomic mass is 10.2. The summed E-state index contributed by atoms with van der Waals surface area (Å²) in [7, 11) is -3.37. The fourth-order valence-corrected chi connectivity index (χ4v) is 3.83. The predicted molar refractivity (Wildman–Crippen MR) is 71.1 cm³/mol. The summed E-state index contributed by atoms with van der Waals surface area (Å²) in [6.45, 7) is 5.04. The van der Waals surface area contributed by atoms with Crippen LogP contribution in [-0.2, 0) is 16.4 Å². The van der Waals surface area contributed by atoms with E-state index in [4.69, 9.17) is 0 Å². The van der Waals surface area contributed by atoms with Gasteiger partial charge in [0, 0.05) is 18.3 Å². The van der Waals surface area contributed by atoms with E-state index in [1.807, 2.05) is 6.07 Å². The standard InChI is InChI=1S/C13H18N2O2S/c1-13(2)8-12(13)15-18(16,17)10-3-4-11-9(7-10)5-6-14-11/h3-4,7,12,14-15H,5-6,8H2,1-2H3. The molecule has 2 aliphatic rings. The first-order valence-corrected chi connectivity index (χ1v) is 7.76. The smallest absolute Gasteiger partial charge is 0.240 e. The van der Waals surface area contributed by atoms with Crippen molar-refractivity contribution in [1.82, 2.24) is 4.72 Å². The van der Waals surface area contributed by atoms with Gasteiger partial charge in [0.25, 0.3) is 0 Å². The SMILES string of the molecule is CC1(C)CC1NS(=O)(=O)c1ccc2c(c1)CCN2. The first-order chi connectivity index (χ1) is 8.38. The molecule has 98 valence electrons. The molecule has 1 atom stereocenters. The highest BCUT2D eigenvalue weighted by molar-refractivity contribution is 7.89. The fourth-order valence-electron chi connectivity index (χ4n) is 2.37. The molecule has 1 heterocycles. The molecular weight excluding hydrogens is 248 g/mol. The fraction of sp³-hybridized carbons (Fsp3) is 0.538. The highest BCUT2D eigenvalue weighted by atomic mass is 32.2. The second kappa shape index (κ2) is 3.71. The first kappa shape index (κ1) is 12.0. The largest absolute Gasteiger partial charge is 0.384 e. The zero-order chi connectivity index (χ0) is 13.0. The lowest BCUT2D eigenvalue weighted by molar-refractivity contribution is 0.555. The van der Waals surface area contributed by atoms with Gasteiger partial charge >= 0.3 is 0 Å². The number of hydrogen-bond acceptors (Lipinski definition) is 3. The number of nitrogens with one attached hydrogen (secondary N) is 2. The van der Waals surface area contributed by atoms with Gasteiger partial charge in [-0.1, -0.05) is 13.8 Å². The third kappa shape index (κ3) is 2.01. The van der Waals surface area contributed by atoms with Crippen LogP contribution < -0.4 is 10.0 Å². The highest BCUT2D eigenvalue weighted by Gasteiger charge is 2.47. The number of anilines is 1. The molecule has 0 spiro atoms. The molecule has 1 aromatic rings.